The van der Waals surface area contributed by atoms with Crippen LogP contribution >= 0.6 is 11.8 Å². The molecule has 2 rings (SSSR count). The SMILES string of the molecule is Cn1ncnc1C(O)CSc1ccccc1F. The molecule has 0 radical (unpaired) electrons. The number of benzene rings is 1. The van der Waals surface area contributed by atoms with Gasteiger partial charge in [-0.3, -0.25) is 4.68 Å². The molecule has 2 aromatic rings. The molecule has 0 aliphatic rings. The maximum atomic E-state index is 13.3. The Labute approximate surface area is 102 Å². The van der Waals surface area contributed by atoms with Crippen molar-refractivity contribution in [3.63, 3.8) is 0 Å². The fourth-order valence-corrected chi connectivity index (χ4v) is 2.28. The van der Waals surface area contributed by atoms with Crippen molar-refractivity contribution in [1.82, 2.24) is 14.8 Å². The van der Waals surface area contributed by atoms with Gasteiger partial charge in [0.15, 0.2) is 5.82 Å². The summed E-state index contributed by atoms with van der Waals surface area (Å²) in [4.78, 5) is 4.47. The Morgan fingerprint density at radius 3 is 2.88 bits per heavy atom. The van der Waals surface area contributed by atoms with Gasteiger partial charge < -0.3 is 5.11 Å². The lowest BCUT2D eigenvalue weighted by Crippen LogP contribution is -2.09. The lowest BCUT2D eigenvalue weighted by atomic mass is 10.3. The van der Waals surface area contributed by atoms with Crippen LogP contribution in [0.15, 0.2) is 35.5 Å². The fourth-order valence-electron chi connectivity index (χ4n) is 1.41. The van der Waals surface area contributed by atoms with Gasteiger partial charge in [0.2, 0.25) is 0 Å². The second kappa shape index (κ2) is 5.29. The van der Waals surface area contributed by atoms with Crippen molar-refractivity contribution in [2.24, 2.45) is 7.05 Å². The second-order valence-corrected chi connectivity index (χ2v) is 4.56. The first-order valence-corrected chi connectivity index (χ1v) is 6.06. The van der Waals surface area contributed by atoms with E-state index in [1.807, 2.05) is 0 Å². The van der Waals surface area contributed by atoms with E-state index in [2.05, 4.69) is 10.1 Å². The molecular formula is C11H12FN3OS. The largest absolute Gasteiger partial charge is 0.384 e. The molecule has 1 N–H and O–H groups in total. The van der Waals surface area contributed by atoms with Crippen molar-refractivity contribution in [1.29, 1.82) is 0 Å². The van der Waals surface area contributed by atoms with Crippen LogP contribution in [0.4, 0.5) is 4.39 Å². The molecule has 1 unspecified atom stereocenters. The van der Waals surface area contributed by atoms with Crippen LogP contribution in [0.5, 0.6) is 0 Å². The summed E-state index contributed by atoms with van der Waals surface area (Å²) < 4.78 is 14.8. The van der Waals surface area contributed by atoms with E-state index in [-0.39, 0.29) is 5.82 Å². The molecule has 6 heteroatoms. The summed E-state index contributed by atoms with van der Waals surface area (Å²) in [5, 5.41) is 13.7. The zero-order chi connectivity index (χ0) is 12.3. The summed E-state index contributed by atoms with van der Waals surface area (Å²) in [6.45, 7) is 0. The van der Waals surface area contributed by atoms with Gasteiger partial charge in [0.1, 0.15) is 18.2 Å². The summed E-state index contributed by atoms with van der Waals surface area (Å²) in [5.74, 6) is 0.546. The highest BCUT2D eigenvalue weighted by Crippen LogP contribution is 2.25. The smallest absolute Gasteiger partial charge is 0.156 e. The van der Waals surface area contributed by atoms with E-state index in [0.29, 0.717) is 16.5 Å². The molecule has 4 nitrogen and oxygen atoms in total. The van der Waals surface area contributed by atoms with Crippen LogP contribution in [0, 0.1) is 5.82 Å². The standard InChI is InChI=1S/C11H12FN3OS/c1-15-11(13-7-14-15)9(16)6-17-10-5-3-2-4-8(10)12/h2-5,7,9,16H,6H2,1H3. The Hall–Kier alpha value is -1.40. The Balaban J connectivity index is 2.00. The minimum Gasteiger partial charge on any atom is -0.384 e. The summed E-state index contributed by atoms with van der Waals surface area (Å²) in [6, 6.07) is 6.49. The summed E-state index contributed by atoms with van der Waals surface area (Å²) in [6.07, 6.45) is 0.624. The topological polar surface area (TPSA) is 50.9 Å². The van der Waals surface area contributed by atoms with E-state index in [1.165, 1.54) is 28.8 Å². The zero-order valence-corrected chi connectivity index (χ0v) is 10.1. The predicted octanol–water partition coefficient (Wildman–Crippen LogP) is 1.78. The van der Waals surface area contributed by atoms with Gasteiger partial charge >= 0.3 is 0 Å². The number of hydrogen-bond acceptors (Lipinski definition) is 4. The van der Waals surface area contributed by atoms with Gasteiger partial charge in [-0.2, -0.15) is 5.10 Å². The second-order valence-electron chi connectivity index (χ2n) is 3.50. The normalized spacial score (nSPS) is 12.6. The van der Waals surface area contributed by atoms with E-state index in [4.69, 9.17) is 0 Å². The summed E-state index contributed by atoms with van der Waals surface area (Å²) in [7, 11) is 1.71. The number of halogens is 1. The summed E-state index contributed by atoms with van der Waals surface area (Å²) >= 11 is 1.26. The maximum Gasteiger partial charge on any atom is 0.156 e. The van der Waals surface area contributed by atoms with Crippen molar-refractivity contribution in [2.45, 2.75) is 11.0 Å². The quantitative estimate of drug-likeness (QED) is 0.844. The van der Waals surface area contributed by atoms with Crippen LogP contribution < -0.4 is 0 Å². The third kappa shape index (κ3) is 2.83. The van der Waals surface area contributed by atoms with E-state index >= 15 is 0 Å². The minimum atomic E-state index is -0.757. The predicted molar refractivity (Wildman–Crippen MR) is 63.1 cm³/mol. The highest BCUT2D eigenvalue weighted by Gasteiger charge is 2.14. The highest BCUT2D eigenvalue weighted by molar-refractivity contribution is 7.99. The number of aryl methyl sites for hydroxylation is 1. The van der Waals surface area contributed by atoms with Crippen molar-refractivity contribution in [3.05, 3.63) is 42.2 Å². The van der Waals surface area contributed by atoms with Crippen molar-refractivity contribution < 1.29 is 9.50 Å². The Kier molecular flexibility index (Phi) is 3.75. The Morgan fingerprint density at radius 1 is 1.47 bits per heavy atom. The molecule has 1 atom stereocenters. The maximum absolute atomic E-state index is 13.3. The monoisotopic (exact) mass is 253 g/mol. The molecule has 90 valence electrons. The number of aromatic nitrogens is 3. The van der Waals surface area contributed by atoms with E-state index < -0.39 is 6.10 Å². The third-order valence-electron chi connectivity index (χ3n) is 2.28. The molecule has 1 aromatic carbocycles. The number of hydrogen-bond donors (Lipinski definition) is 1. The number of aliphatic hydroxyl groups excluding tert-OH is 1. The minimum absolute atomic E-state index is 0.275. The number of aliphatic hydroxyl groups is 1. The first-order chi connectivity index (χ1) is 8.18. The fraction of sp³-hybridized carbons (Fsp3) is 0.273. The van der Waals surface area contributed by atoms with E-state index in [1.54, 1.807) is 25.2 Å². The van der Waals surface area contributed by atoms with Crippen molar-refractivity contribution in [3.8, 4) is 0 Å². The lowest BCUT2D eigenvalue weighted by Gasteiger charge is -2.09. The molecule has 17 heavy (non-hydrogen) atoms. The van der Waals surface area contributed by atoms with Crippen molar-refractivity contribution in [2.75, 3.05) is 5.75 Å². The molecule has 0 saturated carbocycles. The Bertz CT molecular complexity index is 503. The zero-order valence-electron chi connectivity index (χ0n) is 9.25. The third-order valence-corrected chi connectivity index (χ3v) is 3.40. The van der Waals surface area contributed by atoms with E-state index in [0.717, 1.165) is 0 Å². The molecule has 0 spiro atoms. The molecule has 0 bridgehead atoms. The van der Waals surface area contributed by atoms with Crippen LogP contribution in [0.2, 0.25) is 0 Å². The molecule has 0 aliphatic carbocycles. The molecular weight excluding hydrogens is 241 g/mol. The molecule has 0 saturated heterocycles. The summed E-state index contributed by atoms with van der Waals surface area (Å²) in [5.41, 5.74) is 0. The van der Waals surface area contributed by atoms with Crippen LogP contribution in [0.25, 0.3) is 0 Å². The van der Waals surface area contributed by atoms with Gasteiger partial charge in [-0.15, -0.1) is 11.8 Å². The van der Waals surface area contributed by atoms with Crippen LogP contribution in [-0.2, 0) is 7.05 Å². The van der Waals surface area contributed by atoms with Gasteiger partial charge in [-0.05, 0) is 12.1 Å². The van der Waals surface area contributed by atoms with Gasteiger partial charge in [0.25, 0.3) is 0 Å². The highest BCUT2D eigenvalue weighted by atomic mass is 32.2. The average molecular weight is 253 g/mol. The lowest BCUT2D eigenvalue weighted by molar-refractivity contribution is 0.188. The van der Waals surface area contributed by atoms with Gasteiger partial charge in [0.05, 0.1) is 0 Å². The first kappa shape index (κ1) is 12.1. The van der Waals surface area contributed by atoms with E-state index in [9.17, 15) is 9.50 Å². The molecule has 0 amide bonds. The molecule has 1 heterocycles. The molecule has 0 aliphatic heterocycles. The number of thioether (sulfide) groups is 1. The molecule has 0 fully saturated rings. The Morgan fingerprint density at radius 2 is 2.24 bits per heavy atom. The van der Waals surface area contributed by atoms with Crippen molar-refractivity contribution >= 4 is 11.8 Å². The number of rotatable bonds is 4. The average Bonchev–Trinajstić information content (AvgIpc) is 2.74. The number of nitrogens with zero attached hydrogens (tertiary/aromatic N) is 3. The van der Waals surface area contributed by atoms with Gasteiger partial charge in [-0.25, -0.2) is 9.37 Å². The molecule has 1 aromatic heterocycles. The van der Waals surface area contributed by atoms with Gasteiger partial charge in [0, 0.05) is 17.7 Å². The van der Waals surface area contributed by atoms with Crippen LogP contribution in [0.3, 0.4) is 0 Å². The first-order valence-electron chi connectivity index (χ1n) is 5.08. The van der Waals surface area contributed by atoms with Gasteiger partial charge in [-0.1, -0.05) is 12.1 Å². The van der Waals surface area contributed by atoms with Crippen LogP contribution in [0.1, 0.15) is 11.9 Å². The van der Waals surface area contributed by atoms with Crippen LogP contribution in [-0.4, -0.2) is 25.6 Å².